The van der Waals surface area contributed by atoms with Crippen LogP contribution in [0, 0.1) is 5.92 Å². The first-order valence-electron chi connectivity index (χ1n) is 4.35. The van der Waals surface area contributed by atoms with Gasteiger partial charge in [0, 0.05) is 18.1 Å². The molecule has 74 valence electrons. The molecule has 0 spiro atoms. The maximum Gasteiger partial charge on any atom is 0.200 e. The van der Waals surface area contributed by atoms with Gasteiger partial charge >= 0.3 is 0 Å². The highest BCUT2D eigenvalue weighted by atomic mass is 32.1. The first-order chi connectivity index (χ1) is 6.15. The van der Waals surface area contributed by atoms with Crippen molar-refractivity contribution in [2.75, 3.05) is 12.3 Å². The third-order valence-corrected chi connectivity index (χ3v) is 2.22. The molecule has 1 aromatic rings. The molecule has 0 aromatic carbocycles. The molecular weight excluding hydrogens is 186 g/mol. The van der Waals surface area contributed by atoms with E-state index in [2.05, 4.69) is 23.2 Å². The van der Waals surface area contributed by atoms with E-state index in [0.29, 0.717) is 23.5 Å². The number of nitrogen functional groups attached to an aromatic ring is 1. The summed E-state index contributed by atoms with van der Waals surface area (Å²) in [5, 5.41) is 0.500. The zero-order valence-electron chi connectivity index (χ0n) is 8.15. The molecule has 1 aromatic heterocycles. The van der Waals surface area contributed by atoms with Crippen LogP contribution in [0.1, 0.15) is 32.7 Å². The summed E-state index contributed by atoms with van der Waals surface area (Å²) >= 11 is 1.21. The molecule has 5 heteroatoms. The smallest absolute Gasteiger partial charge is 0.200 e. The first kappa shape index (κ1) is 10.4. The van der Waals surface area contributed by atoms with Crippen molar-refractivity contribution in [1.29, 1.82) is 0 Å². The highest BCUT2D eigenvalue weighted by Gasteiger charge is 2.20. The van der Waals surface area contributed by atoms with Crippen LogP contribution in [0.15, 0.2) is 0 Å². The van der Waals surface area contributed by atoms with Gasteiger partial charge in [-0.1, -0.05) is 13.8 Å². The van der Waals surface area contributed by atoms with Gasteiger partial charge in [-0.3, -0.25) is 0 Å². The van der Waals surface area contributed by atoms with E-state index in [1.165, 1.54) is 11.5 Å². The summed E-state index contributed by atoms with van der Waals surface area (Å²) < 4.78 is 9.67. The Bertz CT molecular complexity index is 262. The zero-order valence-corrected chi connectivity index (χ0v) is 8.97. The van der Waals surface area contributed by atoms with E-state index in [1.54, 1.807) is 0 Å². The van der Waals surface area contributed by atoms with Crippen molar-refractivity contribution in [3.05, 3.63) is 5.82 Å². The normalized spacial score (nSPS) is 13.5. The number of hydrogen-bond acceptors (Lipinski definition) is 5. The lowest BCUT2D eigenvalue weighted by atomic mass is 10.1. The van der Waals surface area contributed by atoms with Crippen LogP contribution in [0.25, 0.3) is 0 Å². The van der Waals surface area contributed by atoms with Crippen LogP contribution in [-0.2, 0) is 4.74 Å². The van der Waals surface area contributed by atoms with E-state index < -0.39 is 0 Å². The summed E-state index contributed by atoms with van der Waals surface area (Å²) in [4.78, 5) is 4.11. The molecule has 0 aliphatic carbocycles. The van der Waals surface area contributed by atoms with Crippen LogP contribution in [0.3, 0.4) is 0 Å². The van der Waals surface area contributed by atoms with Crippen LogP contribution >= 0.6 is 11.5 Å². The van der Waals surface area contributed by atoms with E-state index in [4.69, 9.17) is 10.5 Å². The Balaban J connectivity index is 2.75. The van der Waals surface area contributed by atoms with Crippen molar-refractivity contribution in [2.24, 2.45) is 5.92 Å². The lowest BCUT2D eigenvalue weighted by molar-refractivity contribution is 0.0241. The molecule has 1 atom stereocenters. The molecule has 0 aliphatic heterocycles. The minimum Gasteiger partial charge on any atom is -0.374 e. The molecule has 0 bridgehead atoms. The Morgan fingerprint density at radius 3 is 2.62 bits per heavy atom. The molecule has 2 N–H and O–H groups in total. The Kier molecular flexibility index (Phi) is 3.62. The molecule has 1 heterocycles. The Morgan fingerprint density at radius 2 is 2.23 bits per heavy atom. The van der Waals surface area contributed by atoms with Gasteiger partial charge in [0.15, 0.2) is 11.0 Å². The highest BCUT2D eigenvalue weighted by molar-refractivity contribution is 7.09. The van der Waals surface area contributed by atoms with Gasteiger partial charge in [-0.15, -0.1) is 0 Å². The Morgan fingerprint density at radius 1 is 1.54 bits per heavy atom. The molecule has 0 saturated heterocycles. The number of anilines is 1. The lowest BCUT2D eigenvalue weighted by Gasteiger charge is -2.16. The zero-order chi connectivity index (χ0) is 9.84. The van der Waals surface area contributed by atoms with Crippen LogP contribution in [-0.4, -0.2) is 16.0 Å². The predicted octanol–water partition coefficient (Wildman–Crippen LogP) is 1.85. The van der Waals surface area contributed by atoms with E-state index in [1.807, 2.05) is 6.92 Å². The van der Waals surface area contributed by atoms with Crippen LogP contribution < -0.4 is 5.73 Å². The molecule has 1 unspecified atom stereocenters. The van der Waals surface area contributed by atoms with Gasteiger partial charge in [-0.25, -0.2) is 4.98 Å². The van der Waals surface area contributed by atoms with Crippen molar-refractivity contribution in [3.63, 3.8) is 0 Å². The number of nitrogens with two attached hydrogens (primary N) is 1. The monoisotopic (exact) mass is 201 g/mol. The number of aromatic nitrogens is 2. The van der Waals surface area contributed by atoms with Crippen LogP contribution in [0.4, 0.5) is 5.13 Å². The maximum absolute atomic E-state index is 5.53. The molecule has 1 rings (SSSR count). The van der Waals surface area contributed by atoms with Gasteiger partial charge in [0.2, 0.25) is 0 Å². The SMILES string of the molecule is CCOC(c1nsc(N)n1)C(C)C. The maximum atomic E-state index is 5.53. The van der Waals surface area contributed by atoms with Crippen molar-refractivity contribution in [3.8, 4) is 0 Å². The highest BCUT2D eigenvalue weighted by Crippen LogP contribution is 2.24. The summed E-state index contributed by atoms with van der Waals surface area (Å²) in [6.07, 6.45) is -0.0291. The molecular formula is C8H15N3OS. The van der Waals surface area contributed by atoms with Crippen molar-refractivity contribution < 1.29 is 4.74 Å². The summed E-state index contributed by atoms with van der Waals surface area (Å²) in [5.74, 6) is 1.08. The fourth-order valence-electron chi connectivity index (χ4n) is 1.11. The van der Waals surface area contributed by atoms with E-state index in [9.17, 15) is 0 Å². The number of hydrogen-bond donors (Lipinski definition) is 1. The Hall–Kier alpha value is -0.680. The quantitative estimate of drug-likeness (QED) is 0.807. The summed E-state index contributed by atoms with van der Waals surface area (Å²) in [5.41, 5.74) is 5.50. The molecule has 0 aliphatic rings. The third kappa shape index (κ3) is 2.63. The van der Waals surface area contributed by atoms with E-state index in [0.717, 1.165) is 0 Å². The second-order valence-electron chi connectivity index (χ2n) is 3.11. The summed E-state index contributed by atoms with van der Waals surface area (Å²) in [6, 6.07) is 0. The molecule has 4 nitrogen and oxygen atoms in total. The van der Waals surface area contributed by atoms with Gasteiger partial charge in [0.05, 0.1) is 0 Å². The van der Waals surface area contributed by atoms with Crippen molar-refractivity contribution >= 4 is 16.7 Å². The predicted molar refractivity (Wildman–Crippen MR) is 53.5 cm³/mol. The first-order valence-corrected chi connectivity index (χ1v) is 5.13. The summed E-state index contributed by atoms with van der Waals surface area (Å²) in [7, 11) is 0. The average Bonchev–Trinajstić information content (AvgIpc) is 2.46. The topological polar surface area (TPSA) is 61.0 Å². The molecule has 0 amide bonds. The van der Waals surface area contributed by atoms with Gasteiger partial charge < -0.3 is 10.5 Å². The van der Waals surface area contributed by atoms with Gasteiger partial charge in [-0.05, 0) is 12.8 Å². The number of ether oxygens (including phenoxy) is 1. The minimum atomic E-state index is -0.0291. The van der Waals surface area contributed by atoms with Crippen LogP contribution in [0.5, 0.6) is 0 Å². The minimum absolute atomic E-state index is 0.0291. The van der Waals surface area contributed by atoms with Crippen molar-refractivity contribution in [1.82, 2.24) is 9.36 Å². The number of nitrogens with zero attached hydrogens (tertiary/aromatic N) is 2. The molecule has 13 heavy (non-hydrogen) atoms. The van der Waals surface area contributed by atoms with Crippen molar-refractivity contribution in [2.45, 2.75) is 26.9 Å². The van der Waals surface area contributed by atoms with E-state index in [-0.39, 0.29) is 6.10 Å². The molecule has 0 radical (unpaired) electrons. The van der Waals surface area contributed by atoms with E-state index >= 15 is 0 Å². The summed E-state index contributed by atoms with van der Waals surface area (Å²) in [6.45, 7) is 6.79. The van der Waals surface area contributed by atoms with Gasteiger partial charge in [0.1, 0.15) is 6.10 Å². The van der Waals surface area contributed by atoms with Gasteiger partial charge in [-0.2, -0.15) is 4.37 Å². The second-order valence-corrected chi connectivity index (χ2v) is 3.89. The fourth-order valence-corrected chi connectivity index (χ4v) is 1.57. The van der Waals surface area contributed by atoms with Crippen LogP contribution in [0.2, 0.25) is 0 Å². The molecule has 0 saturated carbocycles. The number of rotatable bonds is 4. The average molecular weight is 201 g/mol. The second kappa shape index (κ2) is 4.53. The lowest BCUT2D eigenvalue weighted by Crippen LogP contribution is -2.12. The third-order valence-electron chi connectivity index (χ3n) is 1.66. The Labute approximate surface area is 82.3 Å². The fraction of sp³-hybridized carbons (Fsp3) is 0.750. The van der Waals surface area contributed by atoms with Gasteiger partial charge in [0.25, 0.3) is 0 Å². The molecule has 0 fully saturated rings. The largest absolute Gasteiger partial charge is 0.374 e. The standard InChI is InChI=1S/C8H15N3OS/c1-4-12-6(5(2)3)7-10-8(9)13-11-7/h5-6H,4H2,1-3H3,(H2,9,10,11).